The van der Waals surface area contributed by atoms with Crippen molar-refractivity contribution in [2.24, 2.45) is 0 Å². The number of anilines is 1. The molecule has 216 valence electrons. The van der Waals surface area contributed by atoms with E-state index in [1.54, 1.807) is 57.7 Å². The highest BCUT2D eigenvalue weighted by Crippen LogP contribution is 2.28. The van der Waals surface area contributed by atoms with Gasteiger partial charge in [-0.1, -0.05) is 30.3 Å². The van der Waals surface area contributed by atoms with Crippen molar-refractivity contribution >= 4 is 33.4 Å². The molecule has 5 rings (SSSR count). The van der Waals surface area contributed by atoms with E-state index in [1.165, 1.54) is 0 Å². The smallest absolute Gasteiger partial charge is 0.257 e. The van der Waals surface area contributed by atoms with Crippen molar-refractivity contribution in [2.45, 2.75) is 19.4 Å². The van der Waals surface area contributed by atoms with Gasteiger partial charge in [-0.2, -0.15) is 0 Å². The molecule has 0 unspecified atom stereocenters. The lowest BCUT2D eigenvalue weighted by atomic mass is 10.0. The Morgan fingerprint density at radius 2 is 1.50 bits per heavy atom. The van der Waals surface area contributed by atoms with Crippen molar-refractivity contribution in [1.82, 2.24) is 9.88 Å². The molecule has 8 nitrogen and oxygen atoms in total. The van der Waals surface area contributed by atoms with Gasteiger partial charge in [0.1, 0.15) is 5.75 Å². The summed E-state index contributed by atoms with van der Waals surface area (Å²) in [5.74, 6) is 1.70. The predicted octanol–water partition coefficient (Wildman–Crippen LogP) is 6.02. The Hall–Kier alpha value is -4.82. The van der Waals surface area contributed by atoms with E-state index in [1.807, 2.05) is 30.3 Å². The van der Waals surface area contributed by atoms with Crippen LogP contribution in [0.4, 0.5) is 5.69 Å². The molecule has 0 fully saturated rings. The van der Waals surface area contributed by atoms with Gasteiger partial charge in [0.15, 0.2) is 16.9 Å². The highest BCUT2D eigenvalue weighted by atomic mass is 16.5. The Bertz CT molecular complexity index is 1800. The number of amides is 1. The van der Waals surface area contributed by atoms with Gasteiger partial charge in [0.2, 0.25) is 0 Å². The van der Waals surface area contributed by atoms with Crippen molar-refractivity contribution in [3.63, 3.8) is 0 Å². The van der Waals surface area contributed by atoms with Crippen LogP contribution >= 0.6 is 0 Å². The first kappa shape index (κ1) is 28.7. The number of benzene rings is 4. The minimum Gasteiger partial charge on any atom is -0.495 e. The number of para-hydroxylation sites is 2. The molecule has 0 saturated heterocycles. The number of H-pyrrole nitrogens is 1. The number of hydrogen-bond acceptors (Lipinski definition) is 6. The Morgan fingerprint density at radius 1 is 0.786 bits per heavy atom. The third-order valence-corrected chi connectivity index (χ3v) is 7.39. The van der Waals surface area contributed by atoms with Gasteiger partial charge >= 0.3 is 0 Å². The molecule has 8 heteroatoms. The number of carbonyl (C=O) groups is 1. The fourth-order valence-electron chi connectivity index (χ4n) is 5.28. The van der Waals surface area contributed by atoms with Crippen LogP contribution in [0.5, 0.6) is 17.2 Å². The summed E-state index contributed by atoms with van der Waals surface area (Å²) in [4.78, 5) is 32.2. The maximum atomic E-state index is 13.4. The zero-order valence-corrected chi connectivity index (χ0v) is 24.3. The second-order valence-electron chi connectivity index (χ2n) is 10.3. The predicted molar refractivity (Wildman–Crippen MR) is 167 cm³/mol. The van der Waals surface area contributed by atoms with Crippen LogP contribution in [0, 0.1) is 0 Å². The average Bonchev–Trinajstić information content (AvgIpc) is 3.00. The summed E-state index contributed by atoms with van der Waals surface area (Å²) in [7, 11) is 6.93. The number of nitrogens with one attached hydrogen (secondary N) is 2. The summed E-state index contributed by atoms with van der Waals surface area (Å²) in [6, 6.07) is 24.4. The largest absolute Gasteiger partial charge is 0.495 e. The van der Waals surface area contributed by atoms with Gasteiger partial charge in [-0.15, -0.1) is 0 Å². The summed E-state index contributed by atoms with van der Waals surface area (Å²) in [5, 5.41) is 3.98. The number of fused-ring (bicyclic) bond motifs is 2. The van der Waals surface area contributed by atoms with Crippen LogP contribution in [0.25, 0.3) is 21.8 Å². The van der Waals surface area contributed by atoms with Crippen molar-refractivity contribution in [2.75, 3.05) is 40.2 Å². The van der Waals surface area contributed by atoms with Crippen LogP contribution in [0.2, 0.25) is 0 Å². The number of aromatic nitrogens is 1. The summed E-state index contributed by atoms with van der Waals surface area (Å²) in [6.45, 7) is 1.70. The number of nitrogens with zero attached hydrogens (tertiary/aromatic N) is 1. The van der Waals surface area contributed by atoms with Crippen LogP contribution in [0.15, 0.2) is 83.7 Å². The normalized spacial score (nSPS) is 11.2. The zero-order chi connectivity index (χ0) is 29.6. The number of methoxy groups -OCH3 is 3. The summed E-state index contributed by atoms with van der Waals surface area (Å²) in [5.41, 5.74) is 4.27. The standard InChI is InChI=1S/C34H35N3O5/c1-37(21-23-16-17-28(40-2)30(20-23)42-4)18-8-10-22-9-5-11-24(19-22)35-34(39)27-14-6-12-25-31(27)36-32-26(33(25)38)13-7-15-29(32)41-3/h5-7,9,11-17,19-20H,8,10,18,21H2,1-4H3,(H,35,39)(H,36,38). The zero-order valence-electron chi connectivity index (χ0n) is 24.3. The Labute approximate surface area is 244 Å². The molecule has 0 aliphatic rings. The molecule has 0 bridgehead atoms. The molecule has 0 saturated carbocycles. The van der Waals surface area contributed by atoms with E-state index in [0.717, 1.165) is 48.6 Å². The third kappa shape index (κ3) is 6.09. The number of pyridine rings is 1. The molecular weight excluding hydrogens is 530 g/mol. The first-order valence-corrected chi connectivity index (χ1v) is 13.8. The van der Waals surface area contributed by atoms with Gasteiger partial charge in [-0.3, -0.25) is 9.59 Å². The van der Waals surface area contributed by atoms with Crippen LogP contribution in [-0.2, 0) is 13.0 Å². The fourth-order valence-corrected chi connectivity index (χ4v) is 5.28. The molecule has 0 spiro atoms. The Kier molecular flexibility index (Phi) is 8.74. The minimum absolute atomic E-state index is 0.148. The number of aromatic amines is 1. The van der Waals surface area contributed by atoms with Crippen molar-refractivity contribution < 1.29 is 19.0 Å². The third-order valence-electron chi connectivity index (χ3n) is 7.39. The number of rotatable bonds is 11. The summed E-state index contributed by atoms with van der Waals surface area (Å²) < 4.78 is 16.2. The molecule has 1 amide bonds. The van der Waals surface area contributed by atoms with E-state index < -0.39 is 0 Å². The summed E-state index contributed by atoms with van der Waals surface area (Å²) >= 11 is 0. The molecule has 4 aromatic carbocycles. The van der Waals surface area contributed by atoms with Crippen molar-refractivity contribution in [3.8, 4) is 17.2 Å². The molecule has 0 aliphatic carbocycles. The molecule has 0 radical (unpaired) electrons. The van der Waals surface area contributed by atoms with E-state index >= 15 is 0 Å². The van der Waals surface area contributed by atoms with Crippen LogP contribution < -0.4 is 25.0 Å². The van der Waals surface area contributed by atoms with Crippen LogP contribution in [0.1, 0.15) is 27.9 Å². The van der Waals surface area contributed by atoms with Gasteiger partial charge < -0.3 is 29.4 Å². The van der Waals surface area contributed by atoms with Crippen molar-refractivity contribution in [3.05, 3.63) is 106 Å². The van der Waals surface area contributed by atoms with Gasteiger partial charge in [-0.25, -0.2) is 0 Å². The first-order chi connectivity index (χ1) is 20.4. The van der Waals surface area contributed by atoms with E-state index in [0.29, 0.717) is 38.8 Å². The highest BCUT2D eigenvalue weighted by Gasteiger charge is 2.16. The topological polar surface area (TPSA) is 92.9 Å². The van der Waals surface area contributed by atoms with Gasteiger partial charge in [0.05, 0.1) is 37.9 Å². The Morgan fingerprint density at radius 3 is 2.26 bits per heavy atom. The quantitative estimate of drug-likeness (QED) is 0.190. The molecule has 5 aromatic rings. The maximum Gasteiger partial charge on any atom is 0.257 e. The molecule has 0 aliphatic heterocycles. The van der Waals surface area contributed by atoms with E-state index in [2.05, 4.69) is 34.4 Å². The van der Waals surface area contributed by atoms with Crippen LogP contribution in [-0.4, -0.2) is 50.7 Å². The SMILES string of the molecule is COc1ccc(CN(C)CCCc2cccc(NC(=O)c3cccc4c(=O)c5cccc(OC)c5[nH]c34)c2)cc1OC. The van der Waals surface area contributed by atoms with Gasteiger partial charge in [0, 0.05) is 23.0 Å². The van der Waals surface area contributed by atoms with Gasteiger partial charge in [0.25, 0.3) is 5.91 Å². The number of hydrogen-bond donors (Lipinski definition) is 2. The lowest BCUT2D eigenvalue weighted by molar-refractivity contribution is 0.102. The van der Waals surface area contributed by atoms with E-state index in [4.69, 9.17) is 14.2 Å². The molecule has 42 heavy (non-hydrogen) atoms. The molecule has 1 aromatic heterocycles. The summed E-state index contributed by atoms with van der Waals surface area (Å²) in [6.07, 6.45) is 1.83. The molecular formula is C34H35N3O5. The number of ether oxygens (including phenoxy) is 3. The second-order valence-corrected chi connectivity index (χ2v) is 10.3. The van der Waals surface area contributed by atoms with Crippen LogP contribution in [0.3, 0.4) is 0 Å². The Balaban J connectivity index is 1.25. The maximum absolute atomic E-state index is 13.4. The van der Waals surface area contributed by atoms with Gasteiger partial charge in [-0.05, 0) is 86.1 Å². The molecule has 1 heterocycles. The first-order valence-electron chi connectivity index (χ1n) is 13.8. The monoisotopic (exact) mass is 565 g/mol. The average molecular weight is 566 g/mol. The lowest BCUT2D eigenvalue weighted by Gasteiger charge is -2.18. The fraction of sp³-hybridized carbons (Fsp3) is 0.235. The van der Waals surface area contributed by atoms with Crippen molar-refractivity contribution in [1.29, 1.82) is 0 Å². The minimum atomic E-state index is -0.294. The number of aryl methyl sites for hydroxylation is 1. The lowest BCUT2D eigenvalue weighted by Crippen LogP contribution is -2.19. The molecule has 0 atom stereocenters. The second kappa shape index (κ2) is 12.8. The molecule has 2 N–H and O–H groups in total. The van der Waals surface area contributed by atoms with E-state index in [9.17, 15) is 9.59 Å². The highest BCUT2D eigenvalue weighted by molar-refractivity contribution is 6.13. The number of carbonyl (C=O) groups excluding carboxylic acids is 1. The van der Waals surface area contributed by atoms with E-state index in [-0.39, 0.29) is 11.3 Å².